The van der Waals surface area contributed by atoms with E-state index in [2.05, 4.69) is 0 Å². The van der Waals surface area contributed by atoms with E-state index < -0.39 is 55.8 Å². The van der Waals surface area contributed by atoms with Crippen LogP contribution in [0.3, 0.4) is 0 Å². The number of ketones is 4. The summed E-state index contributed by atoms with van der Waals surface area (Å²) in [4.78, 5) is 43.6. The third-order valence-electron chi connectivity index (χ3n) is 3.55. The first kappa shape index (κ1) is 25.9. The summed E-state index contributed by atoms with van der Waals surface area (Å²) in [6, 6.07) is -2.30. The number of hydrogen-bond donors (Lipinski definition) is 2. The van der Waals surface area contributed by atoms with Crippen LogP contribution in [0.4, 0.5) is 0 Å². The van der Waals surface area contributed by atoms with Gasteiger partial charge < -0.3 is 9.11 Å². The summed E-state index contributed by atoms with van der Waals surface area (Å²) in [5.41, 5.74) is 0. The van der Waals surface area contributed by atoms with Gasteiger partial charge in [0.05, 0.1) is 12.1 Å². The van der Waals surface area contributed by atoms with Crippen LogP contribution in [0.25, 0.3) is 0 Å². The van der Waals surface area contributed by atoms with Crippen LogP contribution in [0.15, 0.2) is 0 Å². The van der Waals surface area contributed by atoms with E-state index >= 15 is 0 Å². The molecule has 0 aromatic rings. The topological polar surface area (TPSA) is 207 Å². The Bertz CT molecular complexity index is 740. The molecule has 156 valence electrons. The van der Waals surface area contributed by atoms with Crippen molar-refractivity contribution < 1.29 is 61.6 Å². The Morgan fingerprint density at radius 1 is 0.704 bits per heavy atom. The van der Waals surface area contributed by atoms with Gasteiger partial charge in [0.25, 0.3) is 0 Å². The number of carbonyl (C=O) groups is 4. The van der Waals surface area contributed by atoms with Gasteiger partial charge in [-0.05, 0) is 25.7 Å². The Kier molecular flexibility index (Phi) is 10.0. The van der Waals surface area contributed by atoms with Crippen molar-refractivity contribution in [3.05, 3.63) is 0 Å². The molecule has 2 rings (SSSR count). The quantitative estimate of drug-likeness (QED) is 0.249. The molecule has 15 heteroatoms. The van der Waals surface area contributed by atoms with Gasteiger partial charge in [0.15, 0.2) is 32.2 Å². The summed E-state index contributed by atoms with van der Waals surface area (Å²) in [7, 11) is -9.31. The molecule has 0 aromatic carbocycles. The fourth-order valence-corrected chi connectivity index (χ4v) is 3.55. The second kappa shape index (κ2) is 10.5. The maximum absolute atomic E-state index is 11.0. The Hall–Kier alpha value is -1.09. The third kappa shape index (κ3) is 9.60. The minimum atomic E-state index is -4.65. The van der Waals surface area contributed by atoms with Crippen molar-refractivity contribution in [3.63, 3.8) is 0 Å². The van der Waals surface area contributed by atoms with Crippen molar-refractivity contribution in [1.29, 1.82) is 0 Å². The minimum Gasteiger partial charge on any atom is -0.735 e. The molecule has 0 aliphatic heterocycles. The molecule has 0 bridgehead atoms. The number of rotatable bonds is 4. The molecule has 2 fully saturated rings. The summed E-state index contributed by atoms with van der Waals surface area (Å²) in [5, 5.41) is 0. The van der Waals surface area contributed by atoms with Crippen molar-refractivity contribution in [2.75, 3.05) is 0 Å². The maximum Gasteiger partial charge on any atom is 2.00 e. The largest absolute Gasteiger partial charge is 2.00 e. The van der Waals surface area contributed by atoms with Gasteiger partial charge in [-0.3, -0.25) is 19.2 Å². The summed E-state index contributed by atoms with van der Waals surface area (Å²) < 4.78 is 64.5. The van der Waals surface area contributed by atoms with Crippen LogP contribution in [0.5, 0.6) is 0 Å². The number of Topliss-reactive ketones (excluding diaryl/α,β-unsaturated/α-hetero) is 4. The first-order chi connectivity index (χ1) is 11.8. The standard InChI is InChI=1S/2C6H9NO5S.Ni/c2*8-5-3-1-2-4(6(5)9)7-13(10,11)12;/h2*4,7H,1-3H2,(H,10,11,12);/q;;+2/p-2. The van der Waals surface area contributed by atoms with Crippen LogP contribution in [0, 0.1) is 0 Å². The van der Waals surface area contributed by atoms with E-state index in [9.17, 15) is 45.1 Å². The van der Waals surface area contributed by atoms with Gasteiger partial charge >= 0.3 is 16.5 Å². The summed E-state index contributed by atoms with van der Waals surface area (Å²) >= 11 is 0. The molecule has 2 N–H and O–H groups in total. The zero-order chi connectivity index (χ0) is 20.1. The number of nitrogens with one attached hydrogen (secondary N) is 2. The molecule has 2 unspecified atom stereocenters. The first-order valence-electron chi connectivity index (χ1n) is 7.40. The van der Waals surface area contributed by atoms with E-state index in [1.807, 2.05) is 0 Å². The molecular weight excluding hydrogens is 455 g/mol. The maximum atomic E-state index is 11.0. The van der Waals surface area contributed by atoms with E-state index in [-0.39, 0.29) is 42.2 Å². The second-order valence-corrected chi connectivity index (χ2v) is 7.90. The van der Waals surface area contributed by atoms with Crippen molar-refractivity contribution in [1.82, 2.24) is 9.44 Å². The van der Waals surface area contributed by atoms with E-state index in [0.29, 0.717) is 12.8 Å². The summed E-state index contributed by atoms with van der Waals surface area (Å²) in [6.07, 6.45) is 1.56. The van der Waals surface area contributed by atoms with Crippen LogP contribution >= 0.6 is 0 Å². The zero-order valence-electron chi connectivity index (χ0n) is 13.6. The predicted molar refractivity (Wildman–Crippen MR) is 81.0 cm³/mol. The zero-order valence-corrected chi connectivity index (χ0v) is 16.2. The van der Waals surface area contributed by atoms with Crippen LogP contribution in [-0.2, 0) is 56.3 Å². The fourth-order valence-electron chi connectivity index (χ4n) is 2.40. The Labute approximate surface area is 165 Å². The van der Waals surface area contributed by atoms with Crippen molar-refractivity contribution in [2.24, 2.45) is 0 Å². The molecular formula is C12H16N2NiO10S2. The van der Waals surface area contributed by atoms with Gasteiger partial charge in [0, 0.05) is 12.8 Å². The fraction of sp³-hybridized carbons (Fsp3) is 0.667. The van der Waals surface area contributed by atoms with E-state index in [0.717, 1.165) is 0 Å². The van der Waals surface area contributed by atoms with Crippen LogP contribution < -0.4 is 9.44 Å². The summed E-state index contributed by atoms with van der Waals surface area (Å²) in [5.74, 6) is -2.86. The van der Waals surface area contributed by atoms with Crippen LogP contribution in [0.1, 0.15) is 38.5 Å². The Morgan fingerprint density at radius 2 is 1.00 bits per heavy atom. The molecule has 0 aromatic heterocycles. The van der Waals surface area contributed by atoms with Crippen molar-refractivity contribution in [2.45, 2.75) is 50.6 Å². The van der Waals surface area contributed by atoms with Crippen molar-refractivity contribution in [3.8, 4) is 0 Å². The molecule has 0 amide bonds. The molecule has 12 nitrogen and oxygen atoms in total. The van der Waals surface area contributed by atoms with Gasteiger partial charge in [0.1, 0.15) is 0 Å². The molecule has 2 aliphatic rings. The molecule has 0 radical (unpaired) electrons. The molecule has 2 saturated carbocycles. The van der Waals surface area contributed by atoms with Gasteiger partial charge in [-0.2, -0.15) is 0 Å². The number of carbonyl (C=O) groups excluding carboxylic acids is 4. The number of hydrogen-bond acceptors (Lipinski definition) is 10. The van der Waals surface area contributed by atoms with E-state index in [1.165, 1.54) is 0 Å². The minimum absolute atomic E-state index is 0. The van der Waals surface area contributed by atoms with Gasteiger partial charge in [0.2, 0.25) is 11.6 Å². The van der Waals surface area contributed by atoms with Crippen molar-refractivity contribution >= 4 is 43.7 Å². The average Bonchev–Trinajstić information content (AvgIpc) is 2.47. The van der Waals surface area contributed by atoms with Gasteiger partial charge in [-0.1, -0.05) is 0 Å². The van der Waals surface area contributed by atoms with Crippen LogP contribution in [0.2, 0.25) is 0 Å². The SMILES string of the molecule is O=C1CCCC(NS(=O)(=O)[O-])C1=O.O=C1CCCC(NS(=O)(=O)[O-])C1=O.[Ni+2]. The molecule has 0 saturated heterocycles. The molecule has 2 atom stereocenters. The van der Waals surface area contributed by atoms with Gasteiger partial charge in [-0.15, -0.1) is 0 Å². The Morgan fingerprint density at radius 3 is 1.26 bits per heavy atom. The van der Waals surface area contributed by atoms with Gasteiger partial charge in [-0.25, -0.2) is 26.3 Å². The molecule has 2 aliphatic carbocycles. The normalized spacial score (nSPS) is 23.9. The first-order valence-corrected chi connectivity index (χ1v) is 10.2. The average molecular weight is 471 g/mol. The van der Waals surface area contributed by atoms with Crippen LogP contribution in [-0.4, -0.2) is 61.2 Å². The predicted octanol–water partition coefficient (Wildman–Crippen LogP) is -2.55. The summed E-state index contributed by atoms with van der Waals surface area (Å²) in [6.45, 7) is 0. The third-order valence-corrected chi connectivity index (χ3v) is 4.70. The monoisotopic (exact) mass is 470 g/mol. The van der Waals surface area contributed by atoms with E-state index in [1.54, 1.807) is 9.44 Å². The Balaban J connectivity index is 0.000000483. The molecule has 0 heterocycles. The molecule has 0 spiro atoms. The second-order valence-electron chi connectivity index (χ2n) is 5.61. The molecule has 27 heavy (non-hydrogen) atoms. The van der Waals surface area contributed by atoms with E-state index in [4.69, 9.17) is 0 Å². The smallest absolute Gasteiger partial charge is 0.735 e.